The highest BCUT2D eigenvalue weighted by molar-refractivity contribution is 5.78. The Labute approximate surface area is 123 Å². The van der Waals surface area contributed by atoms with Crippen molar-refractivity contribution in [3.05, 3.63) is 0 Å². The monoisotopic (exact) mass is 284 g/mol. The Kier molecular flexibility index (Phi) is 7.48. The summed E-state index contributed by atoms with van der Waals surface area (Å²) in [5.41, 5.74) is 5.66. The van der Waals surface area contributed by atoms with Crippen molar-refractivity contribution in [2.75, 3.05) is 45.8 Å². The van der Waals surface area contributed by atoms with Gasteiger partial charge in [0.2, 0.25) is 5.91 Å². The lowest BCUT2D eigenvalue weighted by Gasteiger charge is -2.35. The summed E-state index contributed by atoms with van der Waals surface area (Å²) in [4.78, 5) is 16.6. The lowest BCUT2D eigenvalue weighted by atomic mass is 10.1. The topological polar surface area (TPSA) is 61.6 Å². The van der Waals surface area contributed by atoms with E-state index in [1.165, 1.54) is 0 Å². The number of carbonyl (C=O) groups is 1. The van der Waals surface area contributed by atoms with Crippen LogP contribution in [0.5, 0.6) is 0 Å². The van der Waals surface area contributed by atoms with E-state index in [0.29, 0.717) is 18.4 Å². The molecule has 2 atom stereocenters. The van der Waals surface area contributed by atoms with Crippen molar-refractivity contribution in [1.82, 2.24) is 15.1 Å². The van der Waals surface area contributed by atoms with Crippen LogP contribution < -0.4 is 11.1 Å². The largest absolute Gasteiger partial charge is 0.352 e. The molecule has 0 spiro atoms. The van der Waals surface area contributed by atoms with Crippen molar-refractivity contribution >= 4 is 5.91 Å². The average Bonchev–Trinajstić information content (AvgIpc) is 2.40. The van der Waals surface area contributed by atoms with E-state index in [4.69, 9.17) is 5.73 Å². The number of carbonyl (C=O) groups excluding carboxylic acids is 1. The first kappa shape index (κ1) is 17.4. The normalized spacial score (nSPS) is 20.9. The van der Waals surface area contributed by atoms with Gasteiger partial charge >= 0.3 is 0 Å². The quantitative estimate of drug-likeness (QED) is 0.709. The average molecular weight is 284 g/mol. The number of nitrogens with zero attached hydrogens (tertiary/aromatic N) is 2. The molecule has 1 saturated heterocycles. The maximum atomic E-state index is 11.9. The molecule has 1 heterocycles. The van der Waals surface area contributed by atoms with Crippen LogP contribution in [0.15, 0.2) is 0 Å². The molecule has 0 bridgehead atoms. The van der Waals surface area contributed by atoms with Gasteiger partial charge in [-0.3, -0.25) is 9.69 Å². The fourth-order valence-corrected chi connectivity index (χ4v) is 2.31. The minimum absolute atomic E-state index is 0.148. The third-order valence-corrected chi connectivity index (χ3v) is 4.19. The van der Waals surface area contributed by atoms with Crippen molar-refractivity contribution in [2.45, 2.75) is 33.7 Å². The number of nitrogens with two attached hydrogens (primary N) is 1. The number of piperazine rings is 1. The van der Waals surface area contributed by atoms with Crippen LogP contribution in [0.3, 0.4) is 0 Å². The Bertz CT molecular complexity index is 288. The maximum absolute atomic E-state index is 11.9. The van der Waals surface area contributed by atoms with E-state index >= 15 is 0 Å². The lowest BCUT2D eigenvalue weighted by molar-refractivity contribution is -0.123. The van der Waals surface area contributed by atoms with Gasteiger partial charge in [-0.1, -0.05) is 20.8 Å². The summed E-state index contributed by atoms with van der Waals surface area (Å²) in [6, 6.07) is 0.245. The molecule has 0 aromatic heterocycles. The number of amides is 1. The lowest BCUT2D eigenvalue weighted by Crippen LogP contribution is -2.51. The molecule has 5 heteroatoms. The van der Waals surface area contributed by atoms with Crippen molar-refractivity contribution in [3.63, 3.8) is 0 Å². The molecule has 3 N–H and O–H groups in total. The standard InChI is InChI=1S/C15H32N4O/c1-12(2)14(4)17-15(20)11-19-7-5-18(6-8-19)10-13(3)9-16/h12-14H,5-11,16H2,1-4H3,(H,17,20). The zero-order valence-corrected chi connectivity index (χ0v) is 13.6. The molecule has 1 aliphatic heterocycles. The summed E-state index contributed by atoms with van der Waals surface area (Å²) in [6.07, 6.45) is 0. The maximum Gasteiger partial charge on any atom is 0.234 e. The predicted octanol–water partition coefficient (Wildman–Crippen LogP) is 0.360. The molecule has 1 rings (SSSR count). The van der Waals surface area contributed by atoms with E-state index in [2.05, 4.69) is 42.8 Å². The van der Waals surface area contributed by atoms with Gasteiger partial charge < -0.3 is 16.0 Å². The molecule has 1 fully saturated rings. The molecule has 5 nitrogen and oxygen atoms in total. The molecule has 2 unspecified atom stereocenters. The molecule has 0 aliphatic carbocycles. The van der Waals surface area contributed by atoms with Crippen LogP contribution in [0, 0.1) is 11.8 Å². The second kappa shape index (κ2) is 8.60. The van der Waals surface area contributed by atoms with E-state index in [9.17, 15) is 4.79 Å². The molecular formula is C15H32N4O. The van der Waals surface area contributed by atoms with Crippen LogP contribution >= 0.6 is 0 Å². The van der Waals surface area contributed by atoms with Gasteiger partial charge in [-0.15, -0.1) is 0 Å². The van der Waals surface area contributed by atoms with Crippen molar-refractivity contribution in [1.29, 1.82) is 0 Å². The van der Waals surface area contributed by atoms with Gasteiger partial charge in [0.05, 0.1) is 6.54 Å². The molecule has 1 aliphatic rings. The van der Waals surface area contributed by atoms with E-state index in [-0.39, 0.29) is 11.9 Å². The van der Waals surface area contributed by atoms with Gasteiger partial charge in [0.15, 0.2) is 0 Å². The number of hydrogen-bond donors (Lipinski definition) is 2. The molecule has 0 aromatic rings. The second-order valence-corrected chi connectivity index (χ2v) is 6.52. The molecule has 0 radical (unpaired) electrons. The molecule has 0 aromatic carbocycles. The zero-order valence-electron chi connectivity index (χ0n) is 13.6. The molecule has 1 amide bonds. The SMILES string of the molecule is CC(CN)CN1CCN(CC(=O)NC(C)C(C)C)CC1. The van der Waals surface area contributed by atoms with Gasteiger partial charge in [0.1, 0.15) is 0 Å². The summed E-state index contributed by atoms with van der Waals surface area (Å²) in [6.45, 7) is 14.9. The zero-order chi connectivity index (χ0) is 15.1. The number of rotatable bonds is 7. The third-order valence-electron chi connectivity index (χ3n) is 4.19. The van der Waals surface area contributed by atoms with Crippen molar-refractivity contribution < 1.29 is 4.79 Å². The summed E-state index contributed by atoms with van der Waals surface area (Å²) in [5, 5.41) is 3.07. The highest BCUT2D eigenvalue weighted by Crippen LogP contribution is 2.05. The van der Waals surface area contributed by atoms with Crippen LogP contribution in [-0.2, 0) is 4.79 Å². The van der Waals surface area contributed by atoms with E-state index in [0.717, 1.165) is 39.3 Å². The van der Waals surface area contributed by atoms with Crippen molar-refractivity contribution in [2.24, 2.45) is 17.6 Å². The summed E-state index contributed by atoms with van der Waals surface area (Å²) in [5.74, 6) is 1.18. The predicted molar refractivity (Wildman–Crippen MR) is 83.5 cm³/mol. The van der Waals surface area contributed by atoms with E-state index < -0.39 is 0 Å². The molecule has 0 saturated carbocycles. The highest BCUT2D eigenvalue weighted by atomic mass is 16.2. The molecule has 118 valence electrons. The summed E-state index contributed by atoms with van der Waals surface area (Å²) < 4.78 is 0. The number of nitrogens with one attached hydrogen (secondary N) is 1. The first-order valence-corrected chi connectivity index (χ1v) is 7.86. The third kappa shape index (κ3) is 6.20. The van der Waals surface area contributed by atoms with Crippen LogP contribution in [0.2, 0.25) is 0 Å². The minimum atomic E-state index is 0.148. The summed E-state index contributed by atoms with van der Waals surface area (Å²) >= 11 is 0. The first-order valence-electron chi connectivity index (χ1n) is 7.86. The molecular weight excluding hydrogens is 252 g/mol. The Balaban J connectivity index is 2.23. The summed E-state index contributed by atoms with van der Waals surface area (Å²) in [7, 11) is 0. The minimum Gasteiger partial charge on any atom is -0.352 e. The highest BCUT2D eigenvalue weighted by Gasteiger charge is 2.20. The van der Waals surface area contributed by atoms with E-state index in [1.807, 2.05) is 0 Å². The fraction of sp³-hybridized carbons (Fsp3) is 0.933. The Hall–Kier alpha value is -0.650. The first-order chi connectivity index (χ1) is 9.42. The Morgan fingerprint density at radius 3 is 2.15 bits per heavy atom. The van der Waals surface area contributed by atoms with Crippen LogP contribution in [0.1, 0.15) is 27.7 Å². The van der Waals surface area contributed by atoms with Crippen LogP contribution in [0.4, 0.5) is 0 Å². The number of hydrogen-bond acceptors (Lipinski definition) is 4. The van der Waals surface area contributed by atoms with Gasteiger partial charge in [-0.05, 0) is 25.3 Å². The van der Waals surface area contributed by atoms with Crippen LogP contribution in [0.25, 0.3) is 0 Å². The van der Waals surface area contributed by atoms with Gasteiger partial charge in [0, 0.05) is 38.8 Å². The van der Waals surface area contributed by atoms with Gasteiger partial charge in [0.25, 0.3) is 0 Å². The van der Waals surface area contributed by atoms with Crippen LogP contribution in [-0.4, -0.2) is 67.6 Å². The van der Waals surface area contributed by atoms with Gasteiger partial charge in [-0.2, -0.15) is 0 Å². The van der Waals surface area contributed by atoms with Gasteiger partial charge in [-0.25, -0.2) is 0 Å². The fourth-order valence-electron chi connectivity index (χ4n) is 2.31. The Morgan fingerprint density at radius 2 is 1.65 bits per heavy atom. The smallest absolute Gasteiger partial charge is 0.234 e. The molecule has 20 heavy (non-hydrogen) atoms. The van der Waals surface area contributed by atoms with E-state index in [1.54, 1.807) is 0 Å². The van der Waals surface area contributed by atoms with Crippen molar-refractivity contribution in [3.8, 4) is 0 Å². The second-order valence-electron chi connectivity index (χ2n) is 6.52. The Morgan fingerprint density at radius 1 is 1.10 bits per heavy atom.